The monoisotopic (exact) mass is 407 g/mol. The number of hydrogen-bond donors (Lipinski definition) is 0. The molecule has 0 bridgehead atoms. The van der Waals surface area contributed by atoms with Crippen LogP contribution in [0.25, 0.3) is 21.0 Å². The van der Waals surface area contributed by atoms with Crippen LogP contribution >= 0.6 is 11.3 Å². The van der Waals surface area contributed by atoms with Crippen LogP contribution in [0.3, 0.4) is 0 Å². The first-order chi connectivity index (χ1) is 14.0. The van der Waals surface area contributed by atoms with Crippen LogP contribution in [-0.2, 0) is 6.54 Å². The highest BCUT2D eigenvalue weighted by molar-refractivity contribution is 7.21. The molecule has 2 aromatic heterocycles. The zero-order chi connectivity index (χ0) is 20.1. The van der Waals surface area contributed by atoms with Gasteiger partial charge in [-0.05, 0) is 49.7 Å². The minimum atomic E-state index is -0.358. The van der Waals surface area contributed by atoms with Gasteiger partial charge in [-0.2, -0.15) is 0 Å². The maximum absolute atomic E-state index is 13.2. The molecule has 0 fully saturated rings. The van der Waals surface area contributed by atoms with Crippen molar-refractivity contribution in [2.45, 2.75) is 26.4 Å². The Balaban J connectivity index is 1.48. The van der Waals surface area contributed by atoms with Crippen LogP contribution in [0, 0.1) is 12.7 Å². The number of aromatic nitrogens is 4. The first-order valence-electron chi connectivity index (χ1n) is 9.39. The van der Waals surface area contributed by atoms with E-state index in [-0.39, 0.29) is 17.8 Å². The molecular formula is C21H18FN5OS. The normalized spacial score (nSPS) is 16.2. The molecule has 3 heterocycles. The minimum Gasteiger partial charge on any atom is -0.327 e. The summed E-state index contributed by atoms with van der Waals surface area (Å²) in [7, 11) is 0. The van der Waals surface area contributed by atoms with Gasteiger partial charge in [0.1, 0.15) is 5.82 Å². The summed E-state index contributed by atoms with van der Waals surface area (Å²) in [4.78, 5) is 19.4. The van der Waals surface area contributed by atoms with Crippen molar-refractivity contribution in [1.82, 2.24) is 24.6 Å². The van der Waals surface area contributed by atoms with E-state index in [1.807, 2.05) is 23.6 Å². The SMILES string of the molecule is Cc1cccc2nc(-c3nnc4n3CCN(C(=O)c3ccc(F)cc3)C4C)sc12. The van der Waals surface area contributed by atoms with Crippen molar-refractivity contribution in [3.8, 4) is 10.8 Å². The highest BCUT2D eigenvalue weighted by Gasteiger charge is 2.32. The summed E-state index contributed by atoms with van der Waals surface area (Å²) in [6.45, 7) is 5.13. The molecule has 1 atom stereocenters. The number of thiazole rings is 1. The molecule has 4 aromatic rings. The fourth-order valence-electron chi connectivity index (χ4n) is 3.76. The van der Waals surface area contributed by atoms with Crippen molar-refractivity contribution in [2.75, 3.05) is 6.54 Å². The van der Waals surface area contributed by atoms with Crippen molar-refractivity contribution in [3.63, 3.8) is 0 Å². The summed E-state index contributed by atoms with van der Waals surface area (Å²) < 4.78 is 16.4. The van der Waals surface area contributed by atoms with Gasteiger partial charge >= 0.3 is 0 Å². The van der Waals surface area contributed by atoms with Crippen LogP contribution < -0.4 is 0 Å². The van der Waals surface area contributed by atoms with Crippen molar-refractivity contribution in [3.05, 3.63) is 65.2 Å². The molecule has 1 aliphatic heterocycles. The number of aryl methyl sites for hydroxylation is 1. The van der Waals surface area contributed by atoms with E-state index in [1.54, 1.807) is 16.2 Å². The van der Waals surface area contributed by atoms with Gasteiger partial charge in [-0.3, -0.25) is 4.79 Å². The Morgan fingerprint density at radius 2 is 1.93 bits per heavy atom. The number of halogens is 1. The van der Waals surface area contributed by atoms with Crippen LogP contribution in [0.2, 0.25) is 0 Å². The minimum absolute atomic E-state index is 0.135. The van der Waals surface area contributed by atoms with Crippen LogP contribution in [0.5, 0.6) is 0 Å². The van der Waals surface area contributed by atoms with E-state index in [0.29, 0.717) is 18.7 Å². The Labute approximate surface area is 170 Å². The maximum atomic E-state index is 13.2. The summed E-state index contributed by atoms with van der Waals surface area (Å²) in [5, 5.41) is 9.60. The Morgan fingerprint density at radius 3 is 2.69 bits per heavy atom. The number of hydrogen-bond acceptors (Lipinski definition) is 5. The number of carbonyl (C=O) groups is 1. The van der Waals surface area contributed by atoms with E-state index >= 15 is 0 Å². The summed E-state index contributed by atoms with van der Waals surface area (Å²) in [5.74, 6) is 0.978. The number of benzene rings is 2. The predicted molar refractivity (Wildman–Crippen MR) is 109 cm³/mol. The number of carbonyl (C=O) groups excluding carboxylic acids is 1. The highest BCUT2D eigenvalue weighted by atomic mass is 32.1. The molecular weight excluding hydrogens is 389 g/mol. The lowest BCUT2D eigenvalue weighted by atomic mass is 10.1. The fourth-order valence-corrected chi connectivity index (χ4v) is 4.79. The quantitative estimate of drug-likeness (QED) is 0.499. The molecule has 0 N–H and O–H groups in total. The third-order valence-corrected chi connectivity index (χ3v) is 6.54. The van der Waals surface area contributed by atoms with Gasteiger partial charge in [0.2, 0.25) is 0 Å². The van der Waals surface area contributed by atoms with E-state index in [0.717, 1.165) is 26.9 Å². The van der Waals surface area contributed by atoms with E-state index in [1.165, 1.54) is 29.8 Å². The predicted octanol–water partition coefficient (Wildman–Crippen LogP) is 4.22. The Morgan fingerprint density at radius 1 is 1.14 bits per heavy atom. The number of fused-ring (bicyclic) bond motifs is 2. The summed E-state index contributed by atoms with van der Waals surface area (Å²) in [6, 6.07) is 11.5. The molecule has 2 aromatic carbocycles. The van der Waals surface area contributed by atoms with E-state index < -0.39 is 0 Å². The third-order valence-electron chi connectivity index (χ3n) is 5.34. The first-order valence-corrected chi connectivity index (χ1v) is 10.2. The summed E-state index contributed by atoms with van der Waals surface area (Å²) in [5.41, 5.74) is 2.61. The smallest absolute Gasteiger partial charge is 0.254 e. The average Bonchev–Trinajstić information content (AvgIpc) is 3.33. The van der Waals surface area contributed by atoms with Crippen LogP contribution in [-0.4, -0.2) is 37.1 Å². The maximum Gasteiger partial charge on any atom is 0.254 e. The molecule has 0 saturated carbocycles. The summed E-state index contributed by atoms with van der Waals surface area (Å²) >= 11 is 1.61. The van der Waals surface area contributed by atoms with Gasteiger partial charge < -0.3 is 9.47 Å². The van der Waals surface area contributed by atoms with Crippen molar-refractivity contribution in [1.29, 1.82) is 0 Å². The van der Waals surface area contributed by atoms with Gasteiger partial charge in [0.05, 0.1) is 16.3 Å². The molecule has 0 radical (unpaired) electrons. The van der Waals surface area contributed by atoms with E-state index in [4.69, 9.17) is 4.98 Å². The molecule has 8 heteroatoms. The fraction of sp³-hybridized carbons (Fsp3) is 0.238. The molecule has 1 amide bonds. The Hall–Kier alpha value is -3.13. The highest BCUT2D eigenvalue weighted by Crippen LogP contribution is 2.34. The Kier molecular flexibility index (Phi) is 4.16. The van der Waals surface area contributed by atoms with Crippen molar-refractivity contribution >= 4 is 27.5 Å². The molecule has 1 unspecified atom stereocenters. The van der Waals surface area contributed by atoms with Crippen LogP contribution in [0.1, 0.15) is 34.7 Å². The van der Waals surface area contributed by atoms with Gasteiger partial charge in [-0.15, -0.1) is 21.5 Å². The second kappa shape index (κ2) is 6.73. The first kappa shape index (κ1) is 17.9. The van der Waals surface area contributed by atoms with Gasteiger partial charge in [0, 0.05) is 18.7 Å². The molecule has 146 valence electrons. The molecule has 29 heavy (non-hydrogen) atoms. The van der Waals surface area contributed by atoms with Crippen molar-refractivity contribution < 1.29 is 9.18 Å². The van der Waals surface area contributed by atoms with Crippen LogP contribution in [0.4, 0.5) is 4.39 Å². The topological polar surface area (TPSA) is 63.9 Å². The number of amides is 1. The molecule has 0 saturated heterocycles. The lowest BCUT2D eigenvalue weighted by Crippen LogP contribution is -2.41. The molecule has 5 rings (SSSR count). The van der Waals surface area contributed by atoms with Gasteiger partial charge in [0.15, 0.2) is 16.7 Å². The largest absolute Gasteiger partial charge is 0.327 e. The summed E-state index contributed by atoms with van der Waals surface area (Å²) in [6.07, 6.45) is 0. The second-order valence-corrected chi connectivity index (χ2v) is 8.16. The average molecular weight is 407 g/mol. The number of nitrogens with zero attached hydrogens (tertiary/aromatic N) is 5. The zero-order valence-corrected chi connectivity index (χ0v) is 16.8. The molecule has 1 aliphatic rings. The standard InChI is InChI=1S/C21H18FN5OS/c1-12-4-3-5-16-17(12)29-20(23-16)19-25-24-18-13(2)26(10-11-27(18)19)21(28)14-6-8-15(22)9-7-14/h3-9,13H,10-11H2,1-2H3. The number of rotatable bonds is 2. The zero-order valence-electron chi connectivity index (χ0n) is 16.0. The van der Waals surface area contributed by atoms with Crippen LogP contribution in [0.15, 0.2) is 42.5 Å². The molecule has 6 nitrogen and oxygen atoms in total. The molecule has 0 spiro atoms. The van der Waals surface area contributed by atoms with Gasteiger partial charge in [0.25, 0.3) is 5.91 Å². The van der Waals surface area contributed by atoms with Gasteiger partial charge in [-0.1, -0.05) is 12.1 Å². The van der Waals surface area contributed by atoms with Crippen molar-refractivity contribution in [2.24, 2.45) is 0 Å². The van der Waals surface area contributed by atoms with E-state index in [2.05, 4.69) is 23.2 Å². The lowest BCUT2D eigenvalue weighted by molar-refractivity contribution is 0.0638. The lowest BCUT2D eigenvalue weighted by Gasteiger charge is -2.33. The third kappa shape index (κ3) is 2.91. The Bertz CT molecular complexity index is 1230. The van der Waals surface area contributed by atoms with Gasteiger partial charge in [-0.25, -0.2) is 9.37 Å². The molecule has 0 aliphatic carbocycles. The van der Waals surface area contributed by atoms with E-state index in [9.17, 15) is 9.18 Å². The second-order valence-electron chi connectivity index (χ2n) is 7.16.